The van der Waals surface area contributed by atoms with Crippen LogP contribution in [0.3, 0.4) is 0 Å². The Morgan fingerprint density at radius 1 is 1.59 bits per heavy atom. The number of anilines is 2. The molecule has 1 aromatic heterocycles. The van der Waals surface area contributed by atoms with Crippen molar-refractivity contribution < 1.29 is 9.53 Å². The van der Waals surface area contributed by atoms with Gasteiger partial charge in [0.15, 0.2) is 0 Å². The molecular formula is C15H22N4O2S. The first kappa shape index (κ1) is 16.5. The predicted octanol–water partition coefficient (Wildman–Crippen LogP) is 2.51. The van der Waals surface area contributed by atoms with Crippen molar-refractivity contribution in [1.82, 2.24) is 9.88 Å². The van der Waals surface area contributed by atoms with E-state index in [0.29, 0.717) is 18.9 Å². The Labute approximate surface area is 136 Å². The van der Waals surface area contributed by atoms with Gasteiger partial charge in [-0.25, -0.2) is 9.78 Å². The summed E-state index contributed by atoms with van der Waals surface area (Å²) in [4.78, 5) is 17.7. The number of rotatable bonds is 4. The normalized spacial score (nSPS) is 16.5. The maximum absolute atomic E-state index is 11.9. The molecule has 0 unspecified atom stereocenters. The van der Waals surface area contributed by atoms with Crippen LogP contribution in [0.4, 0.5) is 16.3 Å². The average molecular weight is 322 g/mol. The monoisotopic (exact) mass is 322 g/mol. The second kappa shape index (κ2) is 7.93. The highest BCUT2D eigenvalue weighted by Gasteiger charge is 2.24. The van der Waals surface area contributed by atoms with Crippen LogP contribution in [0.25, 0.3) is 0 Å². The van der Waals surface area contributed by atoms with Gasteiger partial charge in [0, 0.05) is 25.3 Å². The molecule has 1 aromatic rings. The van der Waals surface area contributed by atoms with E-state index < -0.39 is 0 Å². The fourth-order valence-electron chi connectivity index (χ4n) is 2.27. The predicted molar refractivity (Wildman–Crippen MR) is 91.0 cm³/mol. The topological polar surface area (TPSA) is 80.5 Å². The van der Waals surface area contributed by atoms with Crippen molar-refractivity contribution in [1.29, 1.82) is 0 Å². The van der Waals surface area contributed by atoms with E-state index in [1.807, 2.05) is 19.1 Å². The summed E-state index contributed by atoms with van der Waals surface area (Å²) in [5.74, 6) is 0.498. The summed E-state index contributed by atoms with van der Waals surface area (Å²) in [6, 6.07) is 4.05. The number of nitrogen functional groups attached to an aromatic ring is 1. The summed E-state index contributed by atoms with van der Waals surface area (Å²) in [5.41, 5.74) is 7.59. The summed E-state index contributed by atoms with van der Waals surface area (Å²) in [6.45, 7) is 3.49. The number of carbonyl (C=O) groups excluding carboxylic acids is 1. The first-order valence-electron chi connectivity index (χ1n) is 7.28. The van der Waals surface area contributed by atoms with Crippen molar-refractivity contribution in [2.75, 3.05) is 30.7 Å². The molecule has 2 heterocycles. The van der Waals surface area contributed by atoms with Crippen LogP contribution in [0, 0.1) is 0 Å². The largest absolute Gasteiger partial charge is 0.445 e. The molecule has 120 valence electrons. The van der Waals surface area contributed by atoms with Gasteiger partial charge in [0.2, 0.25) is 0 Å². The van der Waals surface area contributed by atoms with Crippen molar-refractivity contribution in [2.24, 2.45) is 0 Å². The molecular weight excluding hydrogens is 300 g/mol. The van der Waals surface area contributed by atoms with E-state index in [9.17, 15) is 4.79 Å². The van der Waals surface area contributed by atoms with Crippen molar-refractivity contribution in [3.8, 4) is 0 Å². The molecule has 1 aliphatic heterocycles. The Kier molecular flexibility index (Phi) is 5.94. The fourth-order valence-corrected chi connectivity index (χ4v) is 2.34. The molecule has 0 saturated carbocycles. The van der Waals surface area contributed by atoms with E-state index in [0.717, 1.165) is 24.1 Å². The molecule has 0 aromatic carbocycles. The van der Waals surface area contributed by atoms with Gasteiger partial charge in [-0.05, 0) is 42.9 Å². The van der Waals surface area contributed by atoms with E-state index in [2.05, 4.69) is 22.9 Å². The van der Waals surface area contributed by atoms with Gasteiger partial charge in [0.1, 0.15) is 12.4 Å². The first-order chi connectivity index (χ1) is 10.6. The molecule has 0 bridgehead atoms. The van der Waals surface area contributed by atoms with Gasteiger partial charge in [-0.15, -0.1) is 0 Å². The summed E-state index contributed by atoms with van der Waals surface area (Å²) in [5, 5.41) is 5.02. The quantitative estimate of drug-likeness (QED) is 0.742. The molecule has 6 nitrogen and oxygen atoms in total. The third-order valence-electron chi connectivity index (χ3n) is 3.60. The number of piperidine rings is 1. The minimum absolute atomic E-state index is 0.270. The average Bonchev–Trinajstić information content (AvgIpc) is 2.55. The van der Waals surface area contributed by atoms with Gasteiger partial charge in [-0.2, -0.15) is 12.6 Å². The summed E-state index contributed by atoms with van der Waals surface area (Å²) in [7, 11) is 0. The highest BCUT2D eigenvalue weighted by Crippen LogP contribution is 2.20. The van der Waals surface area contributed by atoms with Crippen LogP contribution in [-0.4, -0.2) is 41.7 Å². The summed E-state index contributed by atoms with van der Waals surface area (Å²) >= 11 is 4.02. The molecule has 2 rings (SSSR count). The Hall–Kier alpha value is -1.89. The lowest BCUT2D eigenvalue weighted by molar-refractivity contribution is 0.101. The number of hydrogen-bond donors (Lipinski definition) is 3. The molecule has 0 radical (unpaired) electrons. The van der Waals surface area contributed by atoms with Crippen LogP contribution in [0.15, 0.2) is 29.3 Å². The van der Waals surface area contributed by atoms with Crippen molar-refractivity contribution in [3.05, 3.63) is 29.3 Å². The van der Waals surface area contributed by atoms with Crippen LogP contribution in [0.2, 0.25) is 0 Å². The lowest BCUT2D eigenvalue weighted by Gasteiger charge is -2.32. The second-order valence-corrected chi connectivity index (χ2v) is 5.63. The van der Waals surface area contributed by atoms with E-state index in [1.165, 1.54) is 0 Å². The van der Waals surface area contributed by atoms with Crippen LogP contribution in [-0.2, 0) is 4.74 Å². The number of likely N-dealkylation sites (tertiary alicyclic amines) is 1. The smallest absolute Gasteiger partial charge is 0.410 e. The lowest BCUT2D eigenvalue weighted by atomic mass is 10.1. The number of nitrogens with one attached hydrogen (secondary N) is 1. The molecule has 0 spiro atoms. The highest BCUT2D eigenvalue weighted by molar-refractivity contribution is 7.83. The Balaban J connectivity index is 1.78. The van der Waals surface area contributed by atoms with Gasteiger partial charge < -0.3 is 20.7 Å². The molecule has 7 heteroatoms. The molecule has 1 fully saturated rings. The minimum Gasteiger partial charge on any atom is -0.445 e. The number of thiol groups is 1. The number of nitrogens with two attached hydrogens (primary N) is 1. The van der Waals surface area contributed by atoms with Gasteiger partial charge >= 0.3 is 6.09 Å². The van der Waals surface area contributed by atoms with Crippen molar-refractivity contribution >= 4 is 30.2 Å². The fraction of sp³-hybridized carbons (Fsp3) is 0.467. The van der Waals surface area contributed by atoms with Gasteiger partial charge in [-0.3, -0.25) is 0 Å². The first-order valence-corrected chi connectivity index (χ1v) is 7.80. The lowest BCUT2D eigenvalue weighted by Crippen LogP contribution is -2.42. The number of amides is 1. The Morgan fingerprint density at radius 2 is 2.32 bits per heavy atom. The van der Waals surface area contributed by atoms with E-state index in [1.54, 1.807) is 16.5 Å². The summed E-state index contributed by atoms with van der Waals surface area (Å²) in [6.07, 6.45) is 3.10. The van der Waals surface area contributed by atoms with Crippen molar-refractivity contribution in [3.63, 3.8) is 0 Å². The number of ether oxygens (including phenoxy) is 1. The highest BCUT2D eigenvalue weighted by atomic mass is 32.1. The third kappa shape index (κ3) is 4.56. The molecule has 3 N–H and O–H groups in total. The third-order valence-corrected chi connectivity index (χ3v) is 4.04. The second-order valence-electron chi connectivity index (χ2n) is 5.37. The van der Waals surface area contributed by atoms with Crippen LogP contribution in [0.5, 0.6) is 0 Å². The zero-order valence-corrected chi connectivity index (χ0v) is 13.6. The Morgan fingerprint density at radius 3 is 2.95 bits per heavy atom. The Bertz CT molecular complexity index is 542. The van der Waals surface area contributed by atoms with Gasteiger partial charge in [-0.1, -0.05) is 0 Å². The molecule has 1 saturated heterocycles. The van der Waals surface area contributed by atoms with Crippen LogP contribution >= 0.6 is 12.6 Å². The minimum atomic E-state index is -0.270. The number of hydrogen-bond acceptors (Lipinski definition) is 6. The van der Waals surface area contributed by atoms with E-state index >= 15 is 0 Å². The molecule has 1 aliphatic rings. The number of pyridine rings is 1. The van der Waals surface area contributed by atoms with Crippen molar-refractivity contribution in [2.45, 2.75) is 25.8 Å². The maximum Gasteiger partial charge on any atom is 0.410 e. The van der Waals surface area contributed by atoms with Crippen LogP contribution in [0.1, 0.15) is 19.8 Å². The SMILES string of the molecule is C/C(=C/S)COC(=O)N1CCC(Nc2cccnc2N)CC1. The molecule has 0 aliphatic carbocycles. The number of nitrogens with zero attached hydrogens (tertiary/aromatic N) is 2. The zero-order chi connectivity index (χ0) is 15.9. The maximum atomic E-state index is 11.9. The van der Waals surface area contributed by atoms with E-state index in [-0.39, 0.29) is 18.7 Å². The number of aromatic nitrogens is 1. The van der Waals surface area contributed by atoms with E-state index in [4.69, 9.17) is 10.5 Å². The summed E-state index contributed by atoms with van der Waals surface area (Å²) < 4.78 is 5.23. The van der Waals surface area contributed by atoms with Gasteiger partial charge in [0.05, 0.1) is 5.69 Å². The van der Waals surface area contributed by atoms with Gasteiger partial charge in [0.25, 0.3) is 0 Å². The molecule has 1 amide bonds. The molecule has 0 atom stereocenters. The number of carbonyl (C=O) groups is 1. The molecule has 22 heavy (non-hydrogen) atoms. The standard InChI is InChI=1S/C15H22N4O2S/c1-11(10-22)9-21-15(20)19-7-4-12(5-8-19)18-13-3-2-6-17-14(13)16/h2-3,6,10,12,18,22H,4-5,7-9H2,1H3,(H2,16,17)/b11-10-. The van der Waals surface area contributed by atoms with Crippen LogP contribution < -0.4 is 11.1 Å². The zero-order valence-electron chi connectivity index (χ0n) is 12.7.